The third kappa shape index (κ3) is 1.85. The van der Waals surface area contributed by atoms with E-state index in [9.17, 15) is 0 Å². The molecular weight excluding hydrogens is 200 g/mol. The number of allylic oxidation sites excluding steroid dienone is 1. The largest absolute Gasteiger partial charge is 0.126 e. The van der Waals surface area contributed by atoms with E-state index in [1.54, 1.807) is 0 Å². The van der Waals surface area contributed by atoms with Crippen LogP contribution in [0.1, 0.15) is 31.7 Å². The topological polar surface area (TPSA) is 0 Å². The minimum absolute atomic E-state index is 0.247. The lowest BCUT2D eigenvalue weighted by Crippen LogP contribution is -2.27. The number of rotatable bonds is 3. The summed E-state index contributed by atoms with van der Waals surface area (Å²) in [4.78, 5) is 1.46. The third-order valence-electron chi connectivity index (χ3n) is 3.32. The molecule has 0 aliphatic carbocycles. The molecule has 0 N–H and O–H groups in total. The van der Waals surface area contributed by atoms with Crippen molar-refractivity contribution in [3.05, 3.63) is 42.5 Å². The van der Waals surface area contributed by atoms with E-state index in [1.807, 2.05) is 11.8 Å². The van der Waals surface area contributed by atoms with E-state index in [0.717, 1.165) is 0 Å². The van der Waals surface area contributed by atoms with Gasteiger partial charge in [-0.2, -0.15) is 0 Å². The first-order valence-electron chi connectivity index (χ1n) is 5.68. The van der Waals surface area contributed by atoms with Crippen molar-refractivity contribution >= 4 is 11.8 Å². The van der Waals surface area contributed by atoms with E-state index in [-0.39, 0.29) is 5.41 Å². The van der Waals surface area contributed by atoms with Crippen LogP contribution in [0.25, 0.3) is 0 Å². The highest BCUT2D eigenvalue weighted by Crippen LogP contribution is 2.45. The second kappa shape index (κ2) is 4.44. The summed E-state index contributed by atoms with van der Waals surface area (Å²) in [5.41, 5.74) is 1.74. The van der Waals surface area contributed by atoms with Crippen molar-refractivity contribution in [3.8, 4) is 0 Å². The lowest BCUT2D eigenvalue weighted by molar-refractivity contribution is 0.458. The van der Waals surface area contributed by atoms with Crippen LogP contribution in [0.15, 0.2) is 41.8 Å². The molecule has 0 aromatic heterocycles. The van der Waals surface area contributed by atoms with Crippen molar-refractivity contribution in [2.75, 3.05) is 5.75 Å². The highest BCUT2D eigenvalue weighted by atomic mass is 32.2. The van der Waals surface area contributed by atoms with Gasteiger partial charge in [-0.15, -0.1) is 18.3 Å². The Hall–Kier alpha value is -0.690. The molecule has 1 aliphatic heterocycles. The van der Waals surface area contributed by atoms with Gasteiger partial charge in [-0.05, 0) is 30.2 Å². The zero-order valence-electron chi connectivity index (χ0n) is 9.33. The first kappa shape index (κ1) is 10.8. The van der Waals surface area contributed by atoms with Crippen molar-refractivity contribution in [1.29, 1.82) is 0 Å². The van der Waals surface area contributed by atoms with Crippen LogP contribution in [0.4, 0.5) is 0 Å². The molecule has 0 saturated heterocycles. The summed E-state index contributed by atoms with van der Waals surface area (Å²) in [6, 6.07) is 8.81. The number of fused-ring (bicyclic) bond motifs is 1. The van der Waals surface area contributed by atoms with E-state index in [0.29, 0.717) is 0 Å². The number of hydrogen-bond donors (Lipinski definition) is 0. The fraction of sp³-hybridized carbons (Fsp3) is 0.429. The van der Waals surface area contributed by atoms with Crippen LogP contribution in [0.2, 0.25) is 0 Å². The molecule has 0 spiro atoms. The van der Waals surface area contributed by atoms with E-state index in [1.165, 1.54) is 35.5 Å². The maximum atomic E-state index is 4.06. The quantitative estimate of drug-likeness (QED) is 0.677. The van der Waals surface area contributed by atoms with Crippen molar-refractivity contribution in [2.45, 2.75) is 36.5 Å². The van der Waals surface area contributed by atoms with Crippen LogP contribution >= 0.6 is 11.8 Å². The molecule has 1 heteroatoms. The van der Waals surface area contributed by atoms with Gasteiger partial charge in [-0.25, -0.2) is 0 Å². The Morgan fingerprint density at radius 1 is 1.47 bits per heavy atom. The molecule has 1 atom stereocenters. The predicted molar refractivity (Wildman–Crippen MR) is 68.6 cm³/mol. The van der Waals surface area contributed by atoms with E-state index in [4.69, 9.17) is 0 Å². The van der Waals surface area contributed by atoms with Crippen LogP contribution in [0.5, 0.6) is 0 Å². The smallest absolute Gasteiger partial charge is 0.0148 e. The van der Waals surface area contributed by atoms with Gasteiger partial charge >= 0.3 is 0 Å². The Kier molecular flexibility index (Phi) is 3.20. The summed E-state index contributed by atoms with van der Waals surface area (Å²) < 4.78 is 0. The van der Waals surface area contributed by atoms with Crippen LogP contribution in [-0.4, -0.2) is 5.75 Å². The Morgan fingerprint density at radius 3 is 3.00 bits per heavy atom. The average molecular weight is 218 g/mol. The predicted octanol–water partition coefficient (Wildman–Crippen LogP) is 4.41. The fourth-order valence-corrected chi connectivity index (χ4v) is 3.79. The molecule has 0 nitrogen and oxygen atoms in total. The first-order chi connectivity index (χ1) is 7.32. The molecule has 80 valence electrons. The van der Waals surface area contributed by atoms with Crippen molar-refractivity contribution < 1.29 is 0 Å². The molecule has 0 saturated carbocycles. The minimum atomic E-state index is 0.247. The SMILES string of the molecule is C=C[C@]1(CCC)CCSc2ccccc21. The monoisotopic (exact) mass is 218 g/mol. The van der Waals surface area contributed by atoms with Crippen molar-refractivity contribution in [3.63, 3.8) is 0 Å². The summed E-state index contributed by atoms with van der Waals surface area (Å²) in [7, 11) is 0. The van der Waals surface area contributed by atoms with Crippen molar-refractivity contribution in [1.82, 2.24) is 0 Å². The summed E-state index contributed by atoms with van der Waals surface area (Å²) in [5.74, 6) is 1.23. The molecule has 1 aliphatic rings. The second-order valence-electron chi connectivity index (χ2n) is 4.20. The van der Waals surface area contributed by atoms with Gasteiger partial charge in [-0.3, -0.25) is 0 Å². The molecular formula is C14H18S. The first-order valence-corrected chi connectivity index (χ1v) is 6.67. The van der Waals surface area contributed by atoms with Crippen LogP contribution < -0.4 is 0 Å². The van der Waals surface area contributed by atoms with Gasteiger partial charge in [0.05, 0.1) is 0 Å². The van der Waals surface area contributed by atoms with Crippen molar-refractivity contribution in [2.24, 2.45) is 0 Å². The normalized spacial score (nSPS) is 24.6. The number of thioether (sulfide) groups is 1. The average Bonchev–Trinajstić information content (AvgIpc) is 2.30. The molecule has 1 aromatic carbocycles. The molecule has 0 amide bonds. The Labute approximate surface area is 96.8 Å². The van der Waals surface area contributed by atoms with Gasteiger partial charge in [-0.1, -0.05) is 37.6 Å². The summed E-state index contributed by atoms with van der Waals surface area (Å²) in [6.45, 7) is 6.32. The zero-order valence-corrected chi connectivity index (χ0v) is 10.1. The maximum Gasteiger partial charge on any atom is 0.0148 e. The van der Waals surface area contributed by atoms with Gasteiger partial charge in [0, 0.05) is 10.3 Å². The number of benzene rings is 1. The summed E-state index contributed by atoms with van der Waals surface area (Å²) >= 11 is 1.98. The van der Waals surface area contributed by atoms with Gasteiger partial charge in [0.15, 0.2) is 0 Å². The molecule has 15 heavy (non-hydrogen) atoms. The van der Waals surface area contributed by atoms with Gasteiger partial charge in [0.25, 0.3) is 0 Å². The summed E-state index contributed by atoms with van der Waals surface area (Å²) in [5, 5.41) is 0. The van der Waals surface area contributed by atoms with Crippen LogP contribution in [-0.2, 0) is 5.41 Å². The highest BCUT2D eigenvalue weighted by molar-refractivity contribution is 7.99. The molecule has 1 aromatic rings. The molecule has 0 fully saturated rings. The van der Waals surface area contributed by atoms with E-state index >= 15 is 0 Å². The fourth-order valence-electron chi connectivity index (χ4n) is 2.50. The molecule has 0 unspecified atom stereocenters. The van der Waals surface area contributed by atoms with Gasteiger partial charge < -0.3 is 0 Å². The lowest BCUT2D eigenvalue weighted by Gasteiger charge is -2.36. The molecule has 2 rings (SSSR count). The molecule has 0 radical (unpaired) electrons. The standard InChI is InChI=1S/C14H18S/c1-3-9-14(4-2)10-11-15-13-8-6-5-7-12(13)14/h4-8H,2-3,9-11H2,1H3/t14-/m0/s1. The van der Waals surface area contributed by atoms with Gasteiger partial charge in [0.1, 0.15) is 0 Å². The van der Waals surface area contributed by atoms with E-state index in [2.05, 4.69) is 43.8 Å². The summed E-state index contributed by atoms with van der Waals surface area (Å²) in [6.07, 6.45) is 5.88. The van der Waals surface area contributed by atoms with Crippen LogP contribution in [0, 0.1) is 0 Å². The molecule has 1 heterocycles. The Morgan fingerprint density at radius 2 is 2.27 bits per heavy atom. The molecule has 0 bridgehead atoms. The zero-order chi connectivity index (χ0) is 10.7. The third-order valence-corrected chi connectivity index (χ3v) is 4.39. The Bertz CT molecular complexity index is 356. The highest BCUT2D eigenvalue weighted by Gasteiger charge is 2.32. The van der Waals surface area contributed by atoms with Gasteiger partial charge in [0.2, 0.25) is 0 Å². The minimum Gasteiger partial charge on any atom is -0.126 e. The Balaban J connectivity index is 2.46. The maximum absolute atomic E-state index is 4.06. The van der Waals surface area contributed by atoms with E-state index < -0.39 is 0 Å². The number of hydrogen-bond acceptors (Lipinski definition) is 1. The lowest BCUT2D eigenvalue weighted by atomic mass is 9.74. The second-order valence-corrected chi connectivity index (χ2v) is 5.34. The van der Waals surface area contributed by atoms with Crippen LogP contribution in [0.3, 0.4) is 0 Å².